The van der Waals surface area contributed by atoms with Gasteiger partial charge in [-0.25, -0.2) is 0 Å². The van der Waals surface area contributed by atoms with E-state index in [-0.39, 0.29) is 0 Å². The third-order valence-corrected chi connectivity index (χ3v) is 11.7. The molecule has 1 heterocycles. The molecule has 1 nitrogen and oxygen atoms in total. The maximum atomic E-state index is 2.50. The number of anilines is 3. The Morgan fingerprint density at radius 3 is 1.46 bits per heavy atom. The van der Waals surface area contributed by atoms with E-state index in [1.807, 2.05) is 11.3 Å². The number of hydrogen-bond acceptors (Lipinski definition) is 2. The van der Waals surface area contributed by atoms with Crippen molar-refractivity contribution in [2.24, 2.45) is 0 Å². The number of hydrogen-bond donors (Lipinski definition) is 0. The summed E-state index contributed by atoms with van der Waals surface area (Å²) >= 11 is 1.88. The maximum Gasteiger partial charge on any atom is 0.0541 e. The number of thiophene rings is 1. The summed E-state index contributed by atoms with van der Waals surface area (Å²) in [5.41, 5.74) is 13.0. The van der Waals surface area contributed by atoms with Crippen molar-refractivity contribution >= 4 is 59.3 Å². The highest BCUT2D eigenvalue weighted by Crippen LogP contribution is 2.50. The van der Waals surface area contributed by atoms with E-state index in [1.54, 1.807) is 0 Å². The van der Waals surface area contributed by atoms with Crippen LogP contribution in [-0.2, 0) is 0 Å². The minimum atomic E-state index is 1.12. The first-order valence-corrected chi connectivity index (χ1v) is 19.3. The Balaban J connectivity index is 1.25. The van der Waals surface area contributed by atoms with Gasteiger partial charge in [0.25, 0.3) is 0 Å². The fraction of sp³-hybridized carbons (Fsp3) is 0. The molecule has 0 unspecified atom stereocenters. The van der Waals surface area contributed by atoms with Crippen molar-refractivity contribution in [1.29, 1.82) is 0 Å². The van der Waals surface area contributed by atoms with E-state index in [9.17, 15) is 0 Å². The summed E-state index contributed by atoms with van der Waals surface area (Å²) in [7, 11) is 0. The number of rotatable bonds is 7. The second-order valence-corrected chi connectivity index (χ2v) is 14.7. The topological polar surface area (TPSA) is 3.24 Å². The van der Waals surface area contributed by atoms with E-state index in [0.29, 0.717) is 0 Å². The molecular formula is C52H35NS. The molecule has 0 saturated heterocycles. The lowest BCUT2D eigenvalue weighted by Crippen LogP contribution is -2.13. The molecular weight excluding hydrogens is 671 g/mol. The Kier molecular flexibility index (Phi) is 8.09. The number of fused-ring (bicyclic) bond motifs is 4. The van der Waals surface area contributed by atoms with Gasteiger partial charge in [-0.2, -0.15) is 0 Å². The van der Waals surface area contributed by atoms with Gasteiger partial charge in [-0.3, -0.25) is 0 Å². The van der Waals surface area contributed by atoms with Crippen LogP contribution < -0.4 is 4.90 Å². The lowest BCUT2D eigenvalue weighted by molar-refractivity contribution is 1.30. The number of para-hydroxylation sites is 2. The average molecular weight is 706 g/mol. The minimum absolute atomic E-state index is 1.12. The highest BCUT2D eigenvalue weighted by Gasteiger charge is 2.24. The lowest BCUT2D eigenvalue weighted by Gasteiger charge is -2.31. The van der Waals surface area contributed by atoms with Gasteiger partial charge in [0.05, 0.1) is 17.1 Å². The molecule has 9 aromatic carbocycles. The molecule has 10 aromatic rings. The first-order chi connectivity index (χ1) is 26.8. The van der Waals surface area contributed by atoms with Gasteiger partial charge in [-0.05, 0) is 57.5 Å². The van der Waals surface area contributed by atoms with Crippen LogP contribution in [-0.4, -0.2) is 0 Å². The van der Waals surface area contributed by atoms with Crippen LogP contribution in [0.25, 0.3) is 75.5 Å². The van der Waals surface area contributed by atoms with Crippen molar-refractivity contribution in [3.8, 4) is 44.5 Å². The molecule has 0 N–H and O–H groups in total. The quantitative estimate of drug-likeness (QED) is 0.160. The van der Waals surface area contributed by atoms with E-state index >= 15 is 0 Å². The smallest absolute Gasteiger partial charge is 0.0541 e. The van der Waals surface area contributed by atoms with Crippen LogP contribution in [0.5, 0.6) is 0 Å². The molecule has 0 radical (unpaired) electrons. The zero-order chi connectivity index (χ0) is 35.8. The summed E-state index contributed by atoms with van der Waals surface area (Å²) in [6.07, 6.45) is 0. The molecule has 0 saturated carbocycles. The number of nitrogens with zero attached hydrogens (tertiary/aromatic N) is 1. The van der Waals surface area contributed by atoms with Crippen LogP contribution in [0.15, 0.2) is 212 Å². The van der Waals surface area contributed by atoms with Crippen LogP contribution in [0.4, 0.5) is 17.1 Å². The third-order valence-electron chi connectivity index (χ3n) is 10.5. The first kappa shape index (κ1) is 32.0. The van der Waals surface area contributed by atoms with Gasteiger partial charge in [0.1, 0.15) is 0 Å². The van der Waals surface area contributed by atoms with Crippen molar-refractivity contribution in [3.63, 3.8) is 0 Å². The summed E-state index contributed by atoms with van der Waals surface area (Å²) in [6, 6.07) is 77.2. The average Bonchev–Trinajstić information content (AvgIpc) is 3.64. The summed E-state index contributed by atoms with van der Waals surface area (Å²) in [4.78, 5) is 2.50. The molecule has 0 spiro atoms. The van der Waals surface area contributed by atoms with E-state index in [4.69, 9.17) is 0 Å². The van der Waals surface area contributed by atoms with Gasteiger partial charge in [0.15, 0.2) is 0 Å². The zero-order valence-corrected chi connectivity index (χ0v) is 30.4. The normalized spacial score (nSPS) is 11.3. The van der Waals surface area contributed by atoms with Crippen LogP contribution in [0.3, 0.4) is 0 Å². The zero-order valence-electron chi connectivity index (χ0n) is 29.6. The van der Waals surface area contributed by atoms with Crippen LogP contribution >= 0.6 is 11.3 Å². The Labute approximate surface area is 319 Å². The molecule has 54 heavy (non-hydrogen) atoms. The summed E-state index contributed by atoms with van der Waals surface area (Å²) < 4.78 is 2.61. The van der Waals surface area contributed by atoms with Crippen molar-refractivity contribution in [1.82, 2.24) is 0 Å². The second-order valence-electron chi connectivity index (χ2n) is 13.6. The van der Waals surface area contributed by atoms with E-state index in [1.165, 1.54) is 75.5 Å². The molecule has 0 fully saturated rings. The lowest BCUT2D eigenvalue weighted by atomic mass is 9.88. The Bertz CT molecular complexity index is 2950. The van der Waals surface area contributed by atoms with Crippen LogP contribution in [0.1, 0.15) is 0 Å². The summed E-state index contributed by atoms with van der Waals surface area (Å²) in [6.45, 7) is 0. The Morgan fingerprint density at radius 1 is 0.278 bits per heavy atom. The van der Waals surface area contributed by atoms with Crippen molar-refractivity contribution in [2.75, 3.05) is 4.90 Å². The van der Waals surface area contributed by atoms with Crippen LogP contribution in [0, 0.1) is 0 Å². The summed E-state index contributed by atoms with van der Waals surface area (Å²) in [5, 5.41) is 5.01. The standard InChI is InChI=1S/C52H35NS/c1-2-18-36(19-3-1)38-22-6-7-24-40(38)41-25-8-9-26-42(41)43-27-10-13-32-49(43)53(48-34-16-21-37-20-4-5-23-39(37)48)50-33-14-11-28-44(50)46-30-17-31-47-45-29-12-15-35-51(45)54-52(46)47/h1-35H. The molecule has 0 aliphatic heterocycles. The minimum Gasteiger partial charge on any atom is -0.309 e. The molecule has 10 rings (SSSR count). The van der Waals surface area contributed by atoms with Gasteiger partial charge >= 0.3 is 0 Å². The SMILES string of the molecule is c1ccc(-c2ccccc2-c2ccccc2-c2ccccc2N(c2ccccc2-c2cccc3c2sc2ccccc23)c2cccc3ccccc23)cc1. The number of benzene rings is 9. The molecule has 0 amide bonds. The van der Waals surface area contributed by atoms with Gasteiger partial charge < -0.3 is 4.90 Å². The van der Waals surface area contributed by atoms with Crippen molar-refractivity contribution in [2.45, 2.75) is 0 Å². The fourth-order valence-electron chi connectivity index (χ4n) is 8.08. The van der Waals surface area contributed by atoms with Crippen molar-refractivity contribution in [3.05, 3.63) is 212 Å². The Hall–Kier alpha value is -6.74. The van der Waals surface area contributed by atoms with Crippen molar-refractivity contribution < 1.29 is 0 Å². The van der Waals surface area contributed by atoms with Crippen LogP contribution in [0.2, 0.25) is 0 Å². The van der Waals surface area contributed by atoms with E-state index in [2.05, 4.69) is 217 Å². The molecule has 0 bridgehead atoms. The molecule has 254 valence electrons. The second kappa shape index (κ2) is 13.7. The van der Waals surface area contributed by atoms with Gasteiger partial charge in [-0.15, -0.1) is 11.3 Å². The third kappa shape index (κ3) is 5.47. The predicted molar refractivity (Wildman–Crippen MR) is 233 cm³/mol. The molecule has 0 aliphatic carbocycles. The molecule has 2 heteroatoms. The largest absolute Gasteiger partial charge is 0.309 e. The molecule has 0 atom stereocenters. The monoisotopic (exact) mass is 705 g/mol. The Morgan fingerprint density at radius 2 is 0.722 bits per heavy atom. The molecule has 0 aliphatic rings. The van der Waals surface area contributed by atoms with Gasteiger partial charge in [0.2, 0.25) is 0 Å². The fourth-order valence-corrected chi connectivity index (χ4v) is 9.32. The summed E-state index contributed by atoms with van der Waals surface area (Å²) in [5.74, 6) is 0. The highest BCUT2D eigenvalue weighted by molar-refractivity contribution is 7.26. The van der Waals surface area contributed by atoms with Gasteiger partial charge in [-0.1, -0.05) is 188 Å². The first-order valence-electron chi connectivity index (χ1n) is 18.4. The molecule has 1 aromatic heterocycles. The van der Waals surface area contributed by atoms with E-state index < -0.39 is 0 Å². The van der Waals surface area contributed by atoms with E-state index in [0.717, 1.165) is 17.1 Å². The predicted octanol–water partition coefficient (Wildman–Crippen LogP) is 15.3. The highest BCUT2D eigenvalue weighted by atomic mass is 32.1. The maximum absolute atomic E-state index is 2.50. The van der Waals surface area contributed by atoms with Gasteiger partial charge in [0, 0.05) is 42.2 Å².